The van der Waals surface area contributed by atoms with Gasteiger partial charge in [0.05, 0.1) is 0 Å². The van der Waals surface area contributed by atoms with Crippen LogP contribution in [0.15, 0.2) is 47.6 Å². The van der Waals surface area contributed by atoms with Crippen LogP contribution in [-0.4, -0.2) is 33.6 Å². The fraction of sp³-hybridized carbons (Fsp3) is 0.222. The summed E-state index contributed by atoms with van der Waals surface area (Å²) in [4.78, 5) is 37.2. The number of amides is 3. The van der Waals surface area contributed by atoms with Crippen LogP contribution < -0.4 is 5.32 Å². The van der Waals surface area contributed by atoms with Crippen molar-refractivity contribution in [2.45, 2.75) is 26.9 Å². The first-order valence-corrected chi connectivity index (χ1v) is 7.83. The Bertz CT molecular complexity index is 901. The van der Waals surface area contributed by atoms with E-state index in [-0.39, 0.29) is 23.7 Å². The number of rotatable bonds is 1. The Labute approximate surface area is 144 Å². The van der Waals surface area contributed by atoms with Crippen LogP contribution in [0.25, 0.3) is 10.8 Å². The molecule has 1 atom stereocenters. The van der Waals surface area contributed by atoms with Crippen LogP contribution in [0.2, 0.25) is 0 Å². The van der Waals surface area contributed by atoms with Gasteiger partial charge in [0.25, 0.3) is 0 Å². The monoisotopic (exact) mass is 338 g/mol. The van der Waals surface area contributed by atoms with E-state index in [0.717, 1.165) is 16.3 Å². The summed E-state index contributed by atoms with van der Waals surface area (Å²) in [6, 6.07) is 13.4. The van der Waals surface area contributed by atoms with Gasteiger partial charge in [-0.05, 0) is 10.8 Å². The molecule has 128 valence electrons. The van der Waals surface area contributed by atoms with Crippen LogP contribution in [0, 0.1) is 0 Å². The van der Waals surface area contributed by atoms with Crippen molar-refractivity contribution in [2.24, 2.45) is 5.10 Å². The largest absolute Gasteiger partial charge is 0.295 e. The van der Waals surface area contributed by atoms with Gasteiger partial charge in [-0.2, -0.15) is 0 Å². The van der Waals surface area contributed by atoms with Crippen LogP contribution in [0.1, 0.15) is 32.5 Å². The molecule has 7 nitrogen and oxygen atoms in total. The summed E-state index contributed by atoms with van der Waals surface area (Å²) < 4.78 is 0. The predicted octanol–water partition coefficient (Wildman–Crippen LogP) is 1.96. The lowest BCUT2D eigenvalue weighted by atomic mass is 10.0. The molecule has 0 aliphatic carbocycles. The summed E-state index contributed by atoms with van der Waals surface area (Å²) in [5.74, 6) is -0.973. The Morgan fingerprint density at radius 3 is 2.28 bits per heavy atom. The molecular weight excluding hydrogens is 320 g/mol. The zero-order chi connectivity index (χ0) is 18.1. The second-order valence-corrected chi connectivity index (χ2v) is 5.80. The van der Waals surface area contributed by atoms with E-state index in [2.05, 4.69) is 10.4 Å². The topological polar surface area (TPSA) is 82.1 Å². The van der Waals surface area contributed by atoms with Gasteiger partial charge < -0.3 is 0 Å². The van der Waals surface area contributed by atoms with E-state index in [1.54, 1.807) is 0 Å². The molecule has 25 heavy (non-hydrogen) atoms. The molecule has 0 radical (unpaired) electrons. The molecule has 0 saturated carbocycles. The van der Waals surface area contributed by atoms with Gasteiger partial charge in [-0.25, -0.2) is 5.01 Å². The van der Waals surface area contributed by atoms with Crippen LogP contribution in [0.5, 0.6) is 0 Å². The van der Waals surface area contributed by atoms with E-state index in [1.165, 1.54) is 30.7 Å². The lowest BCUT2D eigenvalue weighted by molar-refractivity contribution is -0.136. The molecule has 2 aromatic carbocycles. The minimum absolute atomic E-state index is 0.0492. The number of fused-ring (bicyclic) bond motifs is 1. The second-order valence-electron chi connectivity index (χ2n) is 5.80. The molecule has 0 spiro atoms. The van der Waals surface area contributed by atoms with Crippen LogP contribution in [-0.2, 0) is 14.4 Å². The number of carbonyl (C=O) groups is 3. The van der Waals surface area contributed by atoms with Gasteiger partial charge in [-0.15, -0.1) is 5.10 Å². The first kappa shape index (κ1) is 16.6. The van der Waals surface area contributed by atoms with E-state index in [0.29, 0.717) is 0 Å². The van der Waals surface area contributed by atoms with Gasteiger partial charge in [0.2, 0.25) is 23.7 Å². The van der Waals surface area contributed by atoms with Crippen molar-refractivity contribution in [2.75, 3.05) is 0 Å². The molecular formula is C18H18N4O3. The SMILES string of the molecule is CC(=O)NC1=NN(C(C)=O)[C@H](c2cccc3ccccc23)N1C(C)=O. The first-order valence-electron chi connectivity index (χ1n) is 7.83. The van der Waals surface area contributed by atoms with E-state index in [1.807, 2.05) is 42.5 Å². The fourth-order valence-electron chi connectivity index (χ4n) is 2.98. The highest BCUT2D eigenvalue weighted by molar-refractivity contribution is 6.06. The van der Waals surface area contributed by atoms with Crippen LogP contribution in [0.3, 0.4) is 0 Å². The Hall–Kier alpha value is -3.22. The van der Waals surface area contributed by atoms with Crippen LogP contribution in [0.4, 0.5) is 0 Å². The van der Waals surface area contributed by atoms with Crippen molar-refractivity contribution in [1.29, 1.82) is 0 Å². The van der Waals surface area contributed by atoms with Crippen molar-refractivity contribution in [1.82, 2.24) is 15.2 Å². The van der Waals surface area contributed by atoms with Gasteiger partial charge in [0.1, 0.15) is 0 Å². The molecule has 0 unspecified atom stereocenters. The molecule has 0 saturated heterocycles. The van der Waals surface area contributed by atoms with E-state index in [4.69, 9.17) is 0 Å². The van der Waals surface area contributed by atoms with E-state index < -0.39 is 6.17 Å². The number of guanidine groups is 1. The molecule has 1 heterocycles. The molecule has 7 heteroatoms. The van der Waals surface area contributed by atoms with Gasteiger partial charge in [-0.3, -0.25) is 24.6 Å². The van der Waals surface area contributed by atoms with Gasteiger partial charge in [0, 0.05) is 26.3 Å². The highest BCUT2D eigenvalue weighted by atomic mass is 16.2. The third-order valence-corrected chi connectivity index (χ3v) is 3.96. The molecule has 2 aromatic rings. The lowest BCUT2D eigenvalue weighted by Gasteiger charge is -2.29. The van der Waals surface area contributed by atoms with Crippen molar-refractivity contribution < 1.29 is 14.4 Å². The number of hydrogen-bond acceptors (Lipinski definition) is 4. The van der Waals surface area contributed by atoms with Crippen molar-refractivity contribution in [3.63, 3.8) is 0 Å². The van der Waals surface area contributed by atoms with Gasteiger partial charge in [0.15, 0.2) is 6.17 Å². The number of hydrogen-bond donors (Lipinski definition) is 1. The quantitative estimate of drug-likeness (QED) is 0.863. The summed E-state index contributed by atoms with van der Waals surface area (Å²) in [5, 5.41) is 9.81. The summed E-state index contributed by atoms with van der Waals surface area (Å²) in [7, 11) is 0. The third kappa shape index (κ3) is 2.96. The summed E-state index contributed by atoms with van der Waals surface area (Å²) in [6.07, 6.45) is -0.747. The summed E-state index contributed by atoms with van der Waals surface area (Å²) in [5.41, 5.74) is 0.757. The van der Waals surface area contributed by atoms with E-state index >= 15 is 0 Å². The highest BCUT2D eigenvalue weighted by Crippen LogP contribution is 2.35. The van der Waals surface area contributed by atoms with E-state index in [9.17, 15) is 14.4 Å². The molecule has 0 fully saturated rings. The number of hydrazone groups is 1. The Kier molecular flexibility index (Phi) is 4.22. The summed E-state index contributed by atoms with van der Waals surface area (Å²) in [6.45, 7) is 4.07. The average Bonchev–Trinajstić information content (AvgIpc) is 2.93. The van der Waals surface area contributed by atoms with Crippen molar-refractivity contribution in [3.05, 3.63) is 48.0 Å². The average molecular weight is 338 g/mol. The molecule has 1 aliphatic rings. The molecule has 0 bridgehead atoms. The molecule has 1 aliphatic heterocycles. The Morgan fingerprint density at radius 1 is 0.960 bits per heavy atom. The highest BCUT2D eigenvalue weighted by Gasteiger charge is 2.41. The maximum absolute atomic E-state index is 12.3. The number of carbonyl (C=O) groups excluding carboxylic acids is 3. The molecule has 1 N–H and O–H groups in total. The maximum Gasteiger partial charge on any atom is 0.241 e. The third-order valence-electron chi connectivity index (χ3n) is 3.96. The normalized spacial score (nSPS) is 16.8. The van der Waals surface area contributed by atoms with Crippen molar-refractivity contribution >= 4 is 34.5 Å². The minimum Gasteiger partial charge on any atom is -0.295 e. The summed E-state index contributed by atoms with van der Waals surface area (Å²) >= 11 is 0. The standard InChI is InChI=1S/C18H18N4O3/c1-11(23)19-18-20-22(13(3)25)17(21(18)12(2)24)16-10-6-8-14-7-4-5-9-15(14)16/h4-10,17H,1-3H3,(H,19,20,23)/t17-/m1/s1. The first-order chi connectivity index (χ1) is 11.9. The van der Waals surface area contributed by atoms with Gasteiger partial charge in [-0.1, -0.05) is 42.5 Å². The van der Waals surface area contributed by atoms with Crippen molar-refractivity contribution in [3.8, 4) is 0 Å². The zero-order valence-corrected chi connectivity index (χ0v) is 14.2. The molecule has 3 rings (SSSR count). The maximum atomic E-state index is 12.3. The molecule has 3 amide bonds. The number of nitrogens with zero attached hydrogens (tertiary/aromatic N) is 3. The second kappa shape index (κ2) is 6.35. The minimum atomic E-state index is -0.747. The molecule has 0 aromatic heterocycles. The smallest absolute Gasteiger partial charge is 0.241 e. The number of benzene rings is 2. The lowest BCUT2D eigenvalue weighted by Crippen LogP contribution is -2.45. The number of nitrogens with one attached hydrogen (secondary N) is 1. The Balaban J connectivity index is 2.18. The van der Waals surface area contributed by atoms with Crippen LogP contribution >= 0.6 is 0 Å². The zero-order valence-electron chi connectivity index (χ0n) is 14.2. The Morgan fingerprint density at radius 2 is 1.64 bits per heavy atom. The van der Waals surface area contributed by atoms with Gasteiger partial charge >= 0.3 is 0 Å². The fourth-order valence-corrected chi connectivity index (χ4v) is 2.98. The predicted molar refractivity (Wildman–Crippen MR) is 93.0 cm³/mol.